The van der Waals surface area contributed by atoms with Crippen LogP contribution in [0.4, 0.5) is 0 Å². The van der Waals surface area contributed by atoms with Gasteiger partial charge in [0.15, 0.2) is 16.5 Å². The fourth-order valence-corrected chi connectivity index (χ4v) is 4.10. The zero-order valence-corrected chi connectivity index (χ0v) is 19.3. The van der Waals surface area contributed by atoms with Gasteiger partial charge in [0, 0.05) is 34.4 Å². The van der Waals surface area contributed by atoms with Crippen molar-refractivity contribution < 1.29 is 19.0 Å². The van der Waals surface area contributed by atoms with Gasteiger partial charge >= 0.3 is 0 Å². The van der Waals surface area contributed by atoms with E-state index in [1.54, 1.807) is 36.7 Å². The van der Waals surface area contributed by atoms with Gasteiger partial charge in [0.1, 0.15) is 5.75 Å². The fraction of sp³-hybridized carbons (Fsp3) is 0.0800. The van der Waals surface area contributed by atoms with Gasteiger partial charge in [0.05, 0.1) is 0 Å². The molecule has 7 nitrogen and oxygen atoms in total. The molecule has 0 bridgehead atoms. The lowest BCUT2D eigenvalue weighted by molar-refractivity contribution is 0.0951. The Kier molecular flexibility index (Phi) is 6.51. The van der Waals surface area contributed by atoms with Crippen molar-refractivity contribution in [2.45, 2.75) is 16.5 Å². The molecule has 0 saturated carbocycles. The SMILES string of the molecule is O=C(NCc1ccc2c(c1)OCO2)c1ccc(Oc2nccnc2Sc2ccc(Cl)cc2)cc1. The highest BCUT2D eigenvalue weighted by molar-refractivity contribution is 7.99. The molecule has 2 heterocycles. The monoisotopic (exact) mass is 491 g/mol. The van der Waals surface area contributed by atoms with E-state index in [9.17, 15) is 4.79 Å². The van der Waals surface area contributed by atoms with Crippen LogP contribution in [0.5, 0.6) is 23.1 Å². The maximum atomic E-state index is 12.6. The minimum absolute atomic E-state index is 0.192. The van der Waals surface area contributed by atoms with Gasteiger partial charge in [-0.15, -0.1) is 0 Å². The van der Waals surface area contributed by atoms with Gasteiger partial charge in [-0.25, -0.2) is 9.97 Å². The third-order valence-corrected chi connectivity index (χ3v) is 6.12. The molecule has 0 atom stereocenters. The normalized spacial score (nSPS) is 11.8. The molecule has 0 unspecified atom stereocenters. The van der Waals surface area contributed by atoms with E-state index >= 15 is 0 Å². The third-order valence-electron chi connectivity index (χ3n) is 4.88. The molecule has 4 aromatic rings. The maximum Gasteiger partial charge on any atom is 0.252 e. The number of carbonyl (C=O) groups is 1. The predicted molar refractivity (Wildman–Crippen MR) is 128 cm³/mol. The molecule has 0 saturated heterocycles. The van der Waals surface area contributed by atoms with E-state index in [0.29, 0.717) is 45.3 Å². The molecule has 34 heavy (non-hydrogen) atoms. The van der Waals surface area contributed by atoms with E-state index in [1.165, 1.54) is 11.8 Å². The zero-order chi connectivity index (χ0) is 23.3. The highest BCUT2D eigenvalue weighted by atomic mass is 35.5. The van der Waals surface area contributed by atoms with Crippen LogP contribution in [-0.4, -0.2) is 22.7 Å². The number of benzene rings is 3. The first kappa shape index (κ1) is 22.1. The first-order chi connectivity index (χ1) is 16.6. The van der Waals surface area contributed by atoms with Crippen molar-refractivity contribution in [3.05, 3.63) is 95.3 Å². The van der Waals surface area contributed by atoms with E-state index < -0.39 is 0 Å². The standard InChI is InChI=1S/C25H18ClN3O4S/c26-18-4-8-20(9-5-18)34-25-24(27-11-12-28-25)33-19-6-2-17(3-7-19)23(30)29-14-16-1-10-21-22(13-16)32-15-31-21/h1-13H,14-15H2,(H,29,30). The number of hydrogen-bond acceptors (Lipinski definition) is 7. The number of carbonyl (C=O) groups excluding carboxylic acids is 1. The van der Waals surface area contributed by atoms with Crippen LogP contribution in [0.15, 0.2) is 89.0 Å². The second-order valence-corrected chi connectivity index (χ2v) is 8.72. The number of amides is 1. The third kappa shape index (κ3) is 5.24. The van der Waals surface area contributed by atoms with Crippen LogP contribution in [0.1, 0.15) is 15.9 Å². The number of hydrogen-bond donors (Lipinski definition) is 1. The molecule has 1 aromatic heterocycles. The Morgan fingerprint density at radius 2 is 1.74 bits per heavy atom. The van der Waals surface area contributed by atoms with E-state index in [4.69, 9.17) is 25.8 Å². The average molecular weight is 492 g/mol. The number of nitrogens with one attached hydrogen (secondary N) is 1. The van der Waals surface area contributed by atoms with Crippen LogP contribution in [0.2, 0.25) is 5.02 Å². The average Bonchev–Trinajstić information content (AvgIpc) is 3.34. The van der Waals surface area contributed by atoms with Crippen molar-refractivity contribution in [2.75, 3.05) is 6.79 Å². The minimum Gasteiger partial charge on any atom is -0.454 e. The highest BCUT2D eigenvalue weighted by Crippen LogP contribution is 2.34. The Labute approximate surface area is 205 Å². The van der Waals surface area contributed by atoms with Crippen molar-refractivity contribution in [1.29, 1.82) is 0 Å². The second kappa shape index (κ2) is 10.0. The largest absolute Gasteiger partial charge is 0.454 e. The molecule has 0 spiro atoms. The molecule has 0 aliphatic carbocycles. The zero-order valence-electron chi connectivity index (χ0n) is 17.7. The number of nitrogens with zero attached hydrogens (tertiary/aromatic N) is 2. The predicted octanol–water partition coefficient (Wildman–Crippen LogP) is 5.73. The van der Waals surface area contributed by atoms with Gasteiger partial charge in [-0.2, -0.15) is 0 Å². The van der Waals surface area contributed by atoms with Gasteiger partial charge in [0.2, 0.25) is 6.79 Å². The second-order valence-electron chi connectivity index (χ2n) is 7.22. The molecule has 1 aliphatic rings. The molecule has 1 aliphatic heterocycles. The minimum atomic E-state index is -0.192. The highest BCUT2D eigenvalue weighted by Gasteiger charge is 2.14. The molecule has 1 amide bonds. The molecule has 0 radical (unpaired) electrons. The van der Waals surface area contributed by atoms with E-state index in [0.717, 1.165) is 10.5 Å². The Balaban J connectivity index is 1.21. The quantitative estimate of drug-likeness (QED) is 0.353. The van der Waals surface area contributed by atoms with Gasteiger partial charge in [0.25, 0.3) is 11.8 Å². The van der Waals surface area contributed by atoms with Crippen LogP contribution in [-0.2, 0) is 6.54 Å². The smallest absolute Gasteiger partial charge is 0.252 e. The summed E-state index contributed by atoms with van der Waals surface area (Å²) in [7, 11) is 0. The van der Waals surface area contributed by atoms with E-state index in [2.05, 4.69) is 15.3 Å². The fourth-order valence-electron chi connectivity index (χ4n) is 3.19. The first-order valence-corrected chi connectivity index (χ1v) is 11.5. The summed E-state index contributed by atoms with van der Waals surface area (Å²) >= 11 is 7.38. The molecule has 9 heteroatoms. The number of fused-ring (bicyclic) bond motifs is 1. The summed E-state index contributed by atoms with van der Waals surface area (Å²) in [5.41, 5.74) is 1.44. The van der Waals surface area contributed by atoms with Crippen LogP contribution in [0, 0.1) is 0 Å². The summed E-state index contributed by atoms with van der Waals surface area (Å²) in [5, 5.41) is 4.19. The maximum absolute atomic E-state index is 12.6. The Bertz CT molecular complexity index is 1320. The van der Waals surface area contributed by atoms with Crippen molar-refractivity contribution >= 4 is 29.3 Å². The summed E-state index contributed by atoms with van der Waals surface area (Å²) in [6.07, 6.45) is 3.18. The number of ether oxygens (including phenoxy) is 3. The van der Waals surface area contributed by atoms with Gasteiger partial charge < -0.3 is 19.5 Å². The topological polar surface area (TPSA) is 82.6 Å². The molecule has 3 aromatic carbocycles. The Hall–Kier alpha value is -3.75. The molecule has 0 fully saturated rings. The lowest BCUT2D eigenvalue weighted by Gasteiger charge is -2.10. The molecule has 5 rings (SSSR count). The number of aromatic nitrogens is 2. The number of rotatable bonds is 7. The van der Waals surface area contributed by atoms with Gasteiger partial charge in [-0.05, 0) is 66.2 Å². The molecule has 1 N–H and O–H groups in total. The van der Waals surface area contributed by atoms with Crippen molar-refractivity contribution in [3.8, 4) is 23.1 Å². The van der Waals surface area contributed by atoms with Crippen LogP contribution in [0.3, 0.4) is 0 Å². The Morgan fingerprint density at radius 3 is 2.56 bits per heavy atom. The van der Waals surface area contributed by atoms with Crippen molar-refractivity contribution in [1.82, 2.24) is 15.3 Å². The van der Waals surface area contributed by atoms with Crippen LogP contribution >= 0.6 is 23.4 Å². The summed E-state index contributed by atoms with van der Waals surface area (Å²) in [6, 6.07) is 19.9. The molecular weight excluding hydrogens is 474 g/mol. The lowest BCUT2D eigenvalue weighted by atomic mass is 10.1. The summed E-state index contributed by atoms with van der Waals surface area (Å²) < 4.78 is 16.6. The van der Waals surface area contributed by atoms with Crippen molar-refractivity contribution in [2.24, 2.45) is 0 Å². The Morgan fingerprint density at radius 1 is 0.971 bits per heavy atom. The summed E-state index contributed by atoms with van der Waals surface area (Å²) in [4.78, 5) is 22.2. The van der Waals surface area contributed by atoms with Crippen LogP contribution < -0.4 is 19.5 Å². The van der Waals surface area contributed by atoms with Crippen molar-refractivity contribution in [3.63, 3.8) is 0 Å². The van der Waals surface area contributed by atoms with Gasteiger partial charge in [-0.3, -0.25) is 4.79 Å². The molecular formula is C25H18ClN3O4S. The lowest BCUT2D eigenvalue weighted by Crippen LogP contribution is -2.22. The van der Waals surface area contributed by atoms with E-state index in [-0.39, 0.29) is 12.7 Å². The summed E-state index contributed by atoms with van der Waals surface area (Å²) in [5.74, 6) is 2.13. The number of halogens is 1. The van der Waals surface area contributed by atoms with Crippen LogP contribution in [0.25, 0.3) is 0 Å². The van der Waals surface area contributed by atoms with E-state index in [1.807, 2.05) is 42.5 Å². The first-order valence-electron chi connectivity index (χ1n) is 10.3. The summed E-state index contributed by atoms with van der Waals surface area (Å²) in [6.45, 7) is 0.591. The van der Waals surface area contributed by atoms with Gasteiger partial charge in [-0.1, -0.05) is 29.4 Å². The molecule has 170 valence electrons.